The van der Waals surface area contributed by atoms with E-state index in [1.54, 1.807) is 12.1 Å². The van der Waals surface area contributed by atoms with E-state index >= 15 is 0 Å². The van der Waals surface area contributed by atoms with Crippen molar-refractivity contribution in [2.75, 3.05) is 18.1 Å². The van der Waals surface area contributed by atoms with E-state index in [4.69, 9.17) is 11.6 Å². The fraction of sp³-hybridized carbons (Fsp3) is 0.571. The molecule has 1 rings (SSSR count). The molecule has 1 atom stereocenters. The van der Waals surface area contributed by atoms with Gasteiger partial charge in [0.2, 0.25) is 0 Å². The molecule has 0 aliphatic rings. The third kappa shape index (κ3) is 5.59. The van der Waals surface area contributed by atoms with Crippen molar-refractivity contribution >= 4 is 23.4 Å². The van der Waals surface area contributed by atoms with Crippen LogP contribution in [0.4, 0.5) is 4.39 Å². The molecule has 1 aromatic rings. The zero-order chi connectivity index (χ0) is 13.4. The van der Waals surface area contributed by atoms with Crippen LogP contribution in [0.25, 0.3) is 0 Å². The van der Waals surface area contributed by atoms with Gasteiger partial charge in [0, 0.05) is 11.8 Å². The lowest BCUT2D eigenvalue weighted by molar-refractivity contribution is 0.547. The normalized spacial score (nSPS) is 12.7. The number of nitrogens with one attached hydrogen (secondary N) is 1. The van der Waals surface area contributed by atoms with Crippen LogP contribution in [-0.2, 0) is 6.42 Å². The van der Waals surface area contributed by atoms with Crippen LogP contribution >= 0.6 is 23.4 Å². The summed E-state index contributed by atoms with van der Waals surface area (Å²) in [5.41, 5.74) is 1.00. The summed E-state index contributed by atoms with van der Waals surface area (Å²) in [4.78, 5) is 0. The second-order valence-corrected chi connectivity index (χ2v) is 5.99. The van der Waals surface area contributed by atoms with Crippen molar-refractivity contribution in [2.24, 2.45) is 0 Å². The minimum absolute atomic E-state index is 0.194. The van der Waals surface area contributed by atoms with Crippen molar-refractivity contribution in [2.45, 2.75) is 32.7 Å². The number of hydrogen-bond donors (Lipinski definition) is 1. The van der Waals surface area contributed by atoms with Crippen molar-refractivity contribution in [1.29, 1.82) is 0 Å². The van der Waals surface area contributed by atoms with Crippen LogP contribution in [-0.4, -0.2) is 24.1 Å². The Labute approximate surface area is 118 Å². The van der Waals surface area contributed by atoms with Gasteiger partial charge in [0.25, 0.3) is 0 Å². The molecule has 0 aromatic heterocycles. The molecule has 18 heavy (non-hydrogen) atoms. The first-order valence-corrected chi connectivity index (χ1v) is 7.95. The lowest BCUT2D eigenvalue weighted by Crippen LogP contribution is -2.34. The summed E-state index contributed by atoms with van der Waals surface area (Å²) >= 11 is 7.60. The fourth-order valence-electron chi connectivity index (χ4n) is 1.75. The molecule has 0 aliphatic carbocycles. The maximum atomic E-state index is 13.4. The van der Waals surface area contributed by atoms with Crippen molar-refractivity contribution in [3.8, 4) is 0 Å². The highest BCUT2D eigenvalue weighted by Crippen LogP contribution is 2.17. The molecule has 0 saturated heterocycles. The van der Waals surface area contributed by atoms with Gasteiger partial charge in [0.1, 0.15) is 5.82 Å². The molecule has 0 radical (unpaired) electrons. The third-order valence-corrected chi connectivity index (χ3v) is 4.03. The van der Waals surface area contributed by atoms with E-state index < -0.39 is 0 Å². The van der Waals surface area contributed by atoms with E-state index in [0.717, 1.165) is 36.5 Å². The van der Waals surface area contributed by atoms with Crippen molar-refractivity contribution in [3.63, 3.8) is 0 Å². The maximum absolute atomic E-state index is 13.4. The Morgan fingerprint density at radius 3 is 2.78 bits per heavy atom. The summed E-state index contributed by atoms with van der Waals surface area (Å²) in [6, 6.07) is 5.48. The molecule has 102 valence electrons. The average molecular weight is 290 g/mol. The van der Waals surface area contributed by atoms with Crippen LogP contribution in [0.15, 0.2) is 18.2 Å². The van der Waals surface area contributed by atoms with Crippen LogP contribution in [0.5, 0.6) is 0 Å². The predicted octanol–water partition coefficient (Wildman–Crippen LogP) is 4.14. The monoisotopic (exact) mass is 289 g/mol. The maximum Gasteiger partial charge on any atom is 0.142 e. The third-order valence-electron chi connectivity index (χ3n) is 2.67. The topological polar surface area (TPSA) is 12.0 Å². The van der Waals surface area contributed by atoms with E-state index in [-0.39, 0.29) is 10.8 Å². The van der Waals surface area contributed by atoms with E-state index in [1.807, 2.05) is 17.8 Å². The Morgan fingerprint density at radius 2 is 2.17 bits per heavy atom. The molecule has 0 amide bonds. The predicted molar refractivity (Wildman–Crippen MR) is 80.2 cm³/mol. The molecular formula is C14H21ClFNS. The van der Waals surface area contributed by atoms with Crippen LogP contribution in [0.3, 0.4) is 0 Å². The first kappa shape index (κ1) is 15.8. The van der Waals surface area contributed by atoms with Gasteiger partial charge in [-0.05, 0) is 42.8 Å². The van der Waals surface area contributed by atoms with Crippen molar-refractivity contribution < 1.29 is 4.39 Å². The Balaban J connectivity index is 2.59. The number of rotatable bonds is 8. The summed E-state index contributed by atoms with van der Waals surface area (Å²) < 4.78 is 13.4. The van der Waals surface area contributed by atoms with E-state index in [1.165, 1.54) is 0 Å². The summed E-state index contributed by atoms with van der Waals surface area (Å²) in [5.74, 6) is 1.84. The van der Waals surface area contributed by atoms with Gasteiger partial charge in [-0.25, -0.2) is 4.39 Å². The zero-order valence-corrected chi connectivity index (χ0v) is 12.6. The van der Waals surface area contributed by atoms with Crippen LogP contribution in [0.1, 0.15) is 25.8 Å². The Hall–Kier alpha value is -0.250. The molecule has 1 N–H and O–H groups in total. The molecular weight excluding hydrogens is 269 g/mol. The second-order valence-electron chi connectivity index (χ2n) is 4.26. The highest BCUT2D eigenvalue weighted by Gasteiger charge is 2.10. The van der Waals surface area contributed by atoms with Crippen molar-refractivity contribution in [3.05, 3.63) is 34.6 Å². The number of thioether (sulfide) groups is 1. The summed E-state index contributed by atoms with van der Waals surface area (Å²) in [7, 11) is 0. The molecule has 0 heterocycles. The lowest BCUT2D eigenvalue weighted by Gasteiger charge is -2.18. The molecule has 1 nitrogen and oxygen atoms in total. The summed E-state index contributed by atoms with van der Waals surface area (Å²) in [6.07, 6.45) is 1.96. The summed E-state index contributed by atoms with van der Waals surface area (Å²) in [5, 5.41) is 3.70. The van der Waals surface area contributed by atoms with Gasteiger partial charge in [-0.3, -0.25) is 0 Å². The lowest BCUT2D eigenvalue weighted by atomic mass is 10.1. The van der Waals surface area contributed by atoms with Gasteiger partial charge < -0.3 is 5.32 Å². The minimum atomic E-state index is -0.327. The van der Waals surface area contributed by atoms with Gasteiger partial charge in [0.15, 0.2) is 0 Å². The molecule has 1 unspecified atom stereocenters. The van der Waals surface area contributed by atoms with Gasteiger partial charge in [-0.15, -0.1) is 0 Å². The smallest absolute Gasteiger partial charge is 0.142 e. The molecule has 0 bridgehead atoms. The van der Waals surface area contributed by atoms with Gasteiger partial charge in [0.05, 0.1) is 5.02 Å². The van der Waals surface area contributed by atoms with Gasteiger partial charge in [-0.1, -0.05) is 31.5 Å². The first-order chi connectivity index (χ1) is 8.67. The number of benzene rings is 1. The molecule has 0 fully saturated rings. The van der Waals surface area contributed by atoms with Crippen LogP contribution in [0.2, 0.25) is 5.02 Å². The molecule has 4 heteroatoms. The highest BCUT2D eigenvalue weighted by molar-refractivity contribution is 7.99. The molecule has 0 saturated carbocycles. The SMILES string of the molecule is CCCNC(CSCC)Cc1ccc(Cl)c(F)c1. The van der Waals surface area contributed by atoms with Crippen LogP contribution < -0.4 is 5.32 Å². The highest BCUT2D eigenvalue weighted by atomic mass is 35.5. The van der Waals surface area contributed by atoms with Gasteiger partial charge >= 0.3 is 0 Å². The molecule has 0 aliphatic heterocycles. The zero-order valence-electron chi connectivity index (χ0n) is 11.0. The van der Waals surface area contributed by atoms with Crippen molar-refractivity contribution in [1.82, 2.24) is 5.32 Å². The largest absolute Gasteiger partial charge is 0.313 e. The molecule has 1 aromatic carbocycles. The van der Waals surface area contributed by atoms with E-state index in [9.17, 15) is 4.39 Å². The molecule has 0 spiro atoms. The standard InChI is InChI=1S/C14H21ClFNS/c1-3-7-17-12(10-18-4-2)8-11-5-6-13(15)14(16)9-11/h5-6,9,12,17H,3-4,7-8,10H2,1-2H3. The van der Waals surface area contributed by atoms with Crippen LogP contribution in [0, 0.1) is 5.82 Å². The second kappa shape index (κ2) is 8.78. The first-order valence-electron chi connectivity index (χ1n) is 6.42. The minimum Gasteiger partial charge on any atom is -0.313 e. The number of halogens is 2. The number of hydrogen-bond acceptors (Lipinski definition) is 2. The van der Waals surface area contributed by atoms with E-state index in [0.29, 0.717) is 6.04 Å². The Bertz CT molecular complexity index is 352. The fourth-order valence-corrected chi connectivity index (χ4v) is 2.62. The Kier molecular flexibility index (Phi) is 7.71. The summed E-state index contributed by atoms with van der Waals surface area (Å²) in [6.45, 7) is 5.31. The van der Waals surface area contributed by atoms with E-state index in [2.05, 4.69) is 19.2 Å². The van der Waals surface area contributed by atoms with Gasteiger partial charge in [-0.2, -0.15) is 11.8 Å². The quantitative estimate of drug-likeness (QED) is 0.772. The Morgan fingerprint density at radius 1 is 1.39 bits per heavy atom. The average Bonchev–Trinajstić information content (AvgIpc) is 2.37.